The van der Waals surface area contributed by atoms with Crippen LogP contribution in [-0.2, 0) is 17.9 Å². The third-order valence-corrected chi connectivity index (χ3v) is 3.50. The maximum absolute atomic E-state index is 11.0. The maximum atomic E-state index is 11.0. The number of ether oxygens (including phenoxy) is 1. The van der Waals surface area contributed by atoms with Crippen molar-refractivity contribution in [3.63, 3.8) is 0 Å². The van der Waals surface area contributed by atoms with Gasteiger partial charge >= 0.3 is 0 Å². The molecule has 0 saturated carbocycles. The van der Waals surface area contributed by atoms with Gasteiger partial charge in [0.15, 0.2) is 0 Å². The minimum Gasteiger partial charge on any atom is -0.489 e. The summed E-state index contributed by atoms with van der Waals surface area (Å²) in [4.78, 5) is 11.0. The number of rotatable bonds is 7. The van der Waals surface area contributed by atoms with E-state index in [0.29, 0.717) is 18.2 Å². The first-order chi connectivity index (χ1) is 10.5. The molecule has 0 aliphatic rings. The number of primary amides is 1. The Morgan fingerprint density at radius 3 is 2.55 bits per heavy atom. The lowest BCUT2D eigenvalue weighted by Crippen LogP contribution is -2.38. The summed E-state index contributed by atoms with van der Waals surface area (Å²) in [5.74, 6) is 0.389. The van der Waals surface area contributed by atoms with Crippen LogP contribution in [-0.4, -0.2) is 11.9 Å². The number of nitrogens with one attached hydrogen (secondary N) is 1. The number of hydrogen-bond acceptors (Lipinski definition) is 3. The predicted molar refractivity (Wildman–Crippen MR) is 87.7 cm³/mol. The van der Waals surface area contributed by atoms with Gasteiger partial charge in [0.25, 0.3) is 0 Å². The lowest BCUT2D eigenvalue weighted by Gasteiger charge is -2.11. The van der Waals surface area contributed by atoms with E-state index in [4.69, 9.17) is 22.1 Å². The molecule has 1 amide bonds. The molecule has 4 nitrogen and oxygen atoms in total. The van der Waals surface area contributed by atoms with E-state index in [0.717, 1.165) is 16.9 Å². The molecule has 0 aromatic heterocycles. The standard InChI is InChI=1S/C17H19ClN2O2/c1-12(17(19)21)20-10-13-5-7-14(8-6-13)11-22-16-4-2-3-15(18)9-16/h2-9,12,20H,10-11H2,1H3,(H2,19,21)/t12-/m0/s1. The molecule has 0 fully saturated rings. The van der Waals surface area contributed by atoms with Crippen molar-refractivity contribution in [1.82, 2.24) is 5.32 Å². The molecule has 1 atom stereocenters. The molecule has 0 saturated heterocycles. The largest absolute Gasteiger partial charge is 0.489 e. The summed E-state index contributed by atoms with van der Waals surface area (Å²) in [5.41, 5.74) is 7.35. The van der Waals surface area contributed by atoms with Crippen molar-refractivity contribution >= 4 is 17.5 Å². The highest BCUT2D eigenvalue weighted by Gasteiger charge is 2.06. The molecule has 0 aliphatic carbocycles. The summed E-state index contributed by atoms with van der Waals surface area (Å²) in [5, 5.41) is 3.72. The minimum absolute atomic E-state index is 0.342. The van der Waals surface area contributed by atoms with Crippen molar-refractivity contribution in [1.29, 1.82) is 0 Å². The zero-order valence-electron chi connectivity index (χ0n) is 12.4. The molecule has 5 heteroatoms. The van der Waals surface area contributed by atoms with Gasteiger partial charge in [-0.2, -0.15) is 0 Å². The van der Waals surface area contributed by atoms with E-state index < -0.39 is 0 Å². The third-order valence-electron chi connectivity index (χ3n) is 3.26. The van der Waals surface area contributed by atoms with Gasteiger partial charge < -0.3 is 15.8 Å². The van der Waals surface area contributed by atoms with Crippen LogP contribution in [0.1, 0.15) is 18.1 Å². The third kappa shape index (κ3) is 5.06. The summed E-state index contributed by atoms with van der Waals surface area (Å²) in [6.07, 6.45) is 0. The average molecular weight is 319 g/mol. The van der Waals surface area contributed by atoms with Crippen LogP contribution < -0.4 is 15.8 Å². The lowest BCUT2D eigenvalue weighted by atomic mass is 10.1. The average Bonchev–Trinajstić information content (AvgIpc) is 2.51. The Balaban J connectivity index is 1.85. The molecule has 0 unspecified atom stereocenters. The summed E-state index contributed by atoms with van der Waals surface area (Å²) < 4.78 is 5.68. The fourth-order valence-corrected chi connectivity index (χ4v) is 2.03. The molecule has 0 bridgehead atoms. The molecule has 0 spiro atoms. The Labute approximate surface area is 135 Å². The Bertz CT molecular complexity index is 629. The van der Waals surface area contributed by atoms with Crippen molar-refractivity contribution in [2.75, 3.05) is 0 Å². The van der Waals surface area contributed by atoms with E-state index >= 15 is 0 Å². The fourth-order valence-electron chi connectivity index (χ4n) is 1.85. The molecule has 0 aliphatic heterocycles. The van der Waals surface area contributed by atoms with E-state index in [1.54, 1.807) is 13.0 Å². The topological polar surface area (TPSA) is 64.3 Å². The maximum Gasteiger partial charge on any atom is 0.234 e. The number of carbonyl (C=O) groups is 1. The van der Waals surface area contributed by atoms with Crippen LogP contribution in [0.4, 0.5) is 0 Å². The van der Waals surface area contributed by atoms with Crippen molar-refractivity contribution in [2.45, 2.75) is 26.1 Å². The number of hydrogen-bond donors (Lipinski definition) is 2. The first kappa shape index (κ1) is 16.3. The van der Waals surface area contributed by atoms with Crippen molar-refractivity contribution in [3.05, 3.63) is 64.7 Å². The second kappa shape index (κ2) is 7.82. The molecule has 3 N–H and O–H groups in total. The van der Waals surface area contributed by atoms with E-state index in [9.17, 15) is 4.79 Å². The zero-order chi connectivity index (χ0) is 15.9. The van der Waals surface area contributed by atoms with Gasteiger partial charge in [0.1, 0.15) is 12.4 Å². The van der Waals surface area contributed by atoms with Crippen LogP contribution in [0.25, 0.3) is 0 Å². The molecule has 2 aromatic rings. The molecular weight excluding hydrogens is 300 g/mol. The van der Waals surface area contributed by atoms with Crippen molar-refractivity contribution < 1.29 is 9.53 Å². The van der Waals surface area contributed by atoms with Gasteiger partial charge in [0.05, 0.1) is 6.04 Å². The van der Waals surface area contributed by atoms with Gasteiger partial charge in [-0.25, -0.2) is 0 Å². The summed E-state index contributed by atoms with van der Waals surface area (Å²) in [7, 11) is 0. The molecular formula is C17H19ClN2O2. The highest BCUT2D eigenvalue weighted by molar-refractivity contribution is 6.30. The van der Waals surface area contributed by atoms with Gasteiger partial charge in [-0.15, -0.1) is 0 Å². The minimum atomic E-state index is -0.355. The fraction of sp³-hybridized carbons (Fsp3) is 0.235. The van der Waals surface area contributed by atoms with Crippen molar-refractivity contribution in [2.24, 2.45) is 5.73 Å². The van der Waals surface area contributed by atoms with Crippen molar-refractivity contribution in [3.8, 4) is 5.75 Å². The zero-order valence-corrected chi connectivity index (χ0v) is 13.1. The first-order valence-corrected chi connectivity index (χ1v) is 7.41. The number of halogens is 1. The summed E-state index contributed by atoms with van der Waals surface area (Å²) in [6, 6.07) is 15.0. The van der Waals surface area contributed by atoms with E-state index in [1.807, 2.05) is 42.5 Å². The number of amides is 1. The Morgan fingerprint density at radius 1 is 1.23 bits per heavy atom. The lowest BCUT2D eigenvalue weighted by molar-refractivity contribution is -0.119. The molecule has 116 valence electrons. The molecule has 2 aromatic carbocycles. The van der Waals surface area contributed by atoms with Gasteiger partial charge in [0.2, 0.25) is 5.91 Å². The van der Waals surface area contributed by atoms with Gasteiger partial charge in [-0.05, 0) is 36.2 Å². The molecule has 0 heterocycles. The van der Waals surface area contributed by atoms with Crippen LogP contribution in [0.15, 0.2) is 48.5 Å². The van der Waals surface area contributed by atoms with Crippen LogP contribution in [0.2, 0.25) is 5.02 Å². The van der Waals surface area contributed by atoms with Crippen LogP contribution in [0.3, 0.4) is 0 Å². The highest BCUT2D eigenvalue weighted by atomic mass is 35.5. The smallest absolute Gasteiger partial charge is 0.234 e. The predicted octanol–water partition coefficient (Wildman–Crippen LogP) is 2.88. The summed E-state index contributed by atoms with van der Waals surface area (Å²) in [6.45, 7) is 2.82. The second-order valence-corrected chi connectivity index (χ2v) is 5.50. The Kier molecular flexibility index (Phi) is 5.81. The van der Waals surface area contributed by atoms with E-state index in [1.165, 1.54) is 0 Å². The molecule has 0 radical (unpaired) electrons. The van der Waals surface area contributed by atoms with Crippen LogP contribution >= 0.6 is 11.6 Å². The number of nitrogens with two attached hydrogens (primary N) is 1. The normalized spacial score (nSPS) is 11.9. The number of carbonyl (C=O) groups excluding carboxylic acids is 1. The van der Waals surface area contributed by atoms with Gasteiger partial charge in [-0.1, -0.05) is 41.9 Å². The summed E-state index contributed by atoms with van der Waals surface area (Å²) >= 11 is 5.91. The van der Waals surface area contributed by atoms with E-state index in [2.05, 4.69) is 5.32 Å². The van der Waals surface area contributed by atoms with Crippen LogP contribution in [0.5, 0.6) is 5.75 Å². The molecule has 2 rings (SSSR count). The van der Waals surface area contributed by atoms with Gasteiger partial charge in [0, 0.05) is 11.6 Å². The Morgan fingerprint density at radius 2 is 1.91 bits per heavy atom. The monoisotopic (exact) mass is 318 g/mol. The Hall–Kier alpha value is -2.04. The quantitative estimate of drug-likeness (QED) is 0.825. The first-order valence-electron chi connectivity index (χ1n) is 7.03. The second-order valence-electron chi connectivity index (χ2n) is 5.07. The van der Waals surface area contributed by atoms with Gasteiger partial charge in [-0.3, -0.25) is 4.79 Å². The molecule has 22 heavy (non-hydrogen) atoms. The number of benzene rings is 2. The highest BCUT2D eigenvalue weighted by Crippen LogP contribution is 2.18. The van der Waals surface area contributed by atoms with Crippen LogP contribution in [0, 0.1) is 0 Å². The SMILES string of the molecule is C[C@H](NCc1ccc(COc2cccc(Cl)c2)cc1)C(N)=O. The van der Waals surface area contributed by atoms with E-state index in [-0.39, 0.29) is 11.9 Å².